The topological polar surface area (TPSA) is 6.48 Å². The zero-order chi connectivity index (χ0) is 28.7. The third kappa shape index (κ3) is 2.95. The lowest BCUT2D eigenvalue weighted by Crippen LogP contribution is -2.41. The number of hydrogen-bond donors (Lipinski definition) is 0. The molecule has 3 aliphatic heterocycles. The monoisotopic (exact) mass is 526 g/mol. The molecule has 3 aliphatic rings. The van der Waals surface area contributed by atoms with Crippen molar-refractivity contribution in [3.63, 3.8) is 0 Å². The van der Waals surface area contributed by atoms with Gasteiger partial charge in [0.1, 0.15) is 0 Å². The highest BCUT2D eigenvalue weighted by atomic mass is 15.3. The lowest BCUT2D eigenvalue weighted by Gasteiger charge is -2.54. The number of nitrogens with zero attached hydrogens (tertiary/aromatic N) is 2. The average Bonchev–Trinajstić information content (AvgIpc) is 2.89. The van der Waals surface area contributed by atoms with Crippen LogP contribution in [0.2, 0.25) is 0 Å². The van der Waals surface area contributed by atoms with Crippen molar-refractivity contribution < 1.29 is 0 Å². The average molecular weight is 527 g/mol. The van der Waals surface area contributed by atoms with E-state index in [1.54, 1.807) is 0 Å². The quantitative estimate of drug-likeness (QED) is 0.214. The van der Waals surface area contributed by atoms with Crippen molar-refractivity contribution >= 4 is 34.1 Å². The Kier molecular flexibility index (Phi) is 4.84. The fourth-order valence-corrected chi connectivity index (χ4v) is 7.69. The maximum Gasteiger partial charge on any atom is 0.0744 e. The van der Waals surface area contributed by atoms with Crippen LogP contribution in [-0.2, 0) is 16.2 Å². The molecule has 0 spiro atoms. The van der Waals surface area contributed by atoms with Gasteiger partial charge in [0.2, 0.25) is 0 Å². The minimum absolute atomic E-state index is 0.0682. The summed E-state index contributed by atoms with van der Waals surface area (Å²) in [5.41, 5.74) is 20.3. The molecule has 7 rings (SSSR count). The second kappa shape index (κ2) is 7.60. The normalized spacial score (nSPS) is 17.2. The molecule has 0 N–H and O–H groups in total. The third-order valence-corrected chi connectivity index (χ3v) is 10.4. The van der Waals surface area contributed by atoms with Gasteiger partial charge >= 0.3 is 0 Å². The Morgan fingerprint density at radius 1 is 0.525 bits per heavy atom. The van der Waals surface area contributed by atoms with Crippen molar-refractivity contribution in [1.29, 1.82) is 0 Å². The van der Waals surface area contributed by atoms with Crippen LogP contribution in [0, 0.1) is 27.7 Å². The largest absolute Gasteiger partial charge is 0.306 e. The summed E-state index contributed by atoms with van der Waals surface area (Å²) in [5.74, 6) is 0. The van der Waals surface area contributed by atoms with Gasteiger partial charge in [-0.05, 0) is 95.3 Å². The molecule has 0 aliphatic carbocycles. The third-order valence-electron chi connectivity index (χ3n) is 10.4. The van der Waals surface area contributed by atoms with Gasteiger partial charge in [-0.1, -0.05) is 90.9 Å². The number of anilines is 6. The molecule has 0 saturated carbocycles. The molecule has 0 radical (unpaired) electrons. The van der Waals surface area contributed by atoms with E-state index >= 15 is 0 Å². The smallest absolute Gasteiger partial charge is 0.0744 e. The highest BCUT2D eigenvalue weighted by Gasteiger charge is 2.50. The predicted octanol–water partition coefficient (Wildman–Crippen LogP) is 10.7. The molecule has 0 fully saturated rings. The molecule has 0 unspecified atom stereocenters. The summed E-state index contributed by atoms with van der Waals surface area (Å²) in [4.78, 5) is 5.23. The molecular weight excluding hydrogens is 484 g/mol. The number of rotatable bonds is 1. The molecule has 204 valence electrons. The fraction of sp³-hybridized carbons (Fsp3) is 0.368. The first kappa shape index (κ1) is 25.4. The van der Waals surface area contributed by atoms with Crippen LogP contribution in [-0.4, -0.2) is 0 Å². The maximum absolute atomic E-state index is 2.65. The van der Waals surface area contributed by atoms with E-state index in [4.69, 9.17) is 0 Å². The van der Waals surface area contributed by atoms with Crippen LogP contribution in [0.15, 0.2) is 54.6 Å². The predicted molar refractivity (Wildman–Crippen MR) is 171 cm³/mol. The van der Waals surface area contributed by atoms with Gasteiger partial charge in [0.15, 0.2) is 0 Å². The first-order valence-electron chi connectivity index (χ1n) is 14.8. The molecule has 4 aromatic carbocycles. The Balaban J connectivity index is 1.68. The van der Waals surface area contributed by atoms with Gasteiger partial charge in [-0.25, -0.2) is 0 Å². The Morgan fingerprint density at radius 3 is 1.40 bits per heavy atom. The highest BCUT2D eigenvalue weighted by molar-refractivity contribution is 6.09. The van der Waals surface area contributed by atoms with E-state index in [-0.39, 0.29) is 16.2 Å². The second-order valence-electron chi connectivity index (χ2n) is 14.5. The van der Waals surface area contributed by atoms with E-state index in [1.165, 1.54) is 84.2 Å². The van der Waals surface area contributed by atoms with Crippen LogP contribution in [0.4, 0.5) is 34.1 Å². The molecule has 2 nitrogen and oxygen atoms in total. The van der Waals surface area contributed by atoms with Crippen molar-refractivity contribution in [1.82, 2.24) is 0 Å². The van der Waals surface area contributed by atoms with Gasteiger partial charge in [-0.3, -0.25) is 0 Å². The van der Waals surface area contributed by atoms with Gasteiger partial charge in [-0.15, -0.1) is 0 Å². The van der Waals surface area contributed by atoms with E-state index in [0.29, 0.717) is 0 Å². The van der Waals surface area contributed by atoms with Crippen LogP contribution < -0.4 is 9.80 Å². The number of hydrogen-bond acceptors (Lipinski definition) is 2. The van der Waals surface area contributed by atoms with Gasteiger partial charge in [-0.2, -0.15) is 0 Å². The Morgan fingerprint density at radius 2 is 0.975 bits per heavy atom. The van der Waals surface area contributed by atoms with Gasteiger partial charge in [0, 0.05) is 10.8 Å². The van der Waals surface area contributed by atoms with E-state index in [1.807, 2.05) is 0 Å². The molecule has 0 bridgehead atoms. The molecule has 40 heavy (non-hydrogen) atoms. The van der Waals surface area contributed by atoms with Crippen LogP contribution in [0.3, 0.4) is 0 Å². The van der Waals surface area contributed by atoms with Crippen molar-refractivity contribution in [3.8, 4) is 0 Å². The Labute approximate surface area is 240 Å². The molecular formula is C38H42N2. The van der Waals surface area contributed by atoms with Crippen molar-refractivity contribution in [3.05, 3.63) is 105 Å². The summed E-state index contributed by atoms with van der Waals surface area (Å²) in [6.45, 7) is 25.9. The number of aryl methyl sites for hydroxylation is 2. The van der Waals surface area contributed by atoms with E-state index in [2.05, 4.69) is 141 Å². The van der Waals surface area contributed by atoms with Crippen molar-refractivity contribution in [2.45, 2.75) is 92.4 Å². The van der Waals surface area contributed by atoms with Crippen LogP contribution in [0.1, 0.15) is 98.5 Å². The van der Waals surface area contributed by atoms with Crippen LogP contribution >= 0.6 is 0 Å². The summed E-state index contributed by atoms with van der Waals surface area (Å²) >= 11 is 0. The molecule has 0 aromatic heterocycles. The zero-order valence-corrected chi connectivity index (χ0v) is 26.1. The van der Waals surface area contributed by atoms with Crippen molar-refractivity contribution in [2.75, 3.05) is 9.80 Å². The first-order chi connectivity index (χ1) is 18.7. The zero-order valence-electron chi connectivity index (χ0n) is 26.1. The number of para-hydroxylation sites is 2. The molecule has 4 aromatic rings. The first-order valence-corrected chi connectivity index (χ1v) is 14.8. The van der Waals surface area contributed by atoms with E-state index < -0.39 is 0 Å². The highest BCUT2D eigenvalue weighted by Crippen LogP contribution is 2.67. The summed E-state index contributed by atoms with van der Waals surface area (Å²) in [7, 11) is 0. The van der Waals surface area contributed by atoms with Crippen molar-refractivity contribution in [2.24, 2.45) is 0 Å². The van der Waals surface area contributed by atoms with E-state index in [9.17, 15) is 0 Å². The standard InChI is InChI=1S/C38H42N2/c1-21-18-22(2)24(4)32(23(21)3)39-30-16-12-14-26-34(30)40-33-28(37(26,8)9)19-25(36(5,6)7)20-29(33)38(10,11)27-15-13-17-31(39)35(27)40/h12-20H,1-11H3. The van der Waals surface area contributed by atoms with E-state index in [0.717, 1.165) is 0 Å². The van der Waals surface area contributed by atoms with Gasteiger partial charge in [0.05, 0.1) is 34.1 Å². The molecule has 0 amide bonds. The summed E-state index contributed by atoms with van der Waals surface area (Å²) in [6, 6.07) is 21.4. The minimum Gasteiger partial charge on any atom is -0.306 e. The summed E-state index contributed by atoms with van der Waals surface area (Å²) in [6.07, 6.45) is 0. The van der Waals surface area contributed by atoms with Crippen LogP contribution in [0.5, 0.6) is 0 Å². The lowest BCUT2D eigenvalue weighted by atomic mass is 9.64. The van der Waals surface area contributed by atoms with Crippen LogP contribution in [0.25, 0.3) is 0 Å². The molecule has 0 saturated heterocycles. The SMILES string of the molecule is Cc1cc(C)c(C)c(N2c3cccc4c3N3c5c2cccc5C(C)(C)c2cc(C(C)(C)C)cc(c23)C4(C)C)c1C. The fourth-order valence-electron chi connectivity index (χ4n) is 7.69. The molecule has 0 atom stereocenters. The Bertz CT molecular complexity index is 1660. The van der Waals surface area contributed by atoms with Gasteiger partial charge < -0.3 is 9.80 Å². The number of benzene rings is 4. The molecule has 3 heterocycles. The summed E-state index contributed by atoms with van der Waals surface area (Å²) in [5, 5.41) is 0. The summed E-state index contributed by atoms with van der Waals surface area (Å²) < 4.78 is 0. The van der Waals surface area contributed by atoms with Gasteiger partial charge in [0.25, 0.3) is 0 Å². The Hall–Kier alpha value is -3.52. The maximum atomic E-state index is 2.65. The lowest BCUT2D eigenvalue weighted by molar-refractivity contribution is 0.563. The molecule has 2 heteroatoms. The minimum atomic E-state index is -0.134. The second-order valence-corrected chi connectivity index (χ2v) is 14.5.